The molecule has 1 aromatic heterocycles. The monoisotopic (exact) mass is 507 g/mol. The molecule has 182 valence electrons. The highest BCUT2D eigenvalue weighted by Gasteiger charge is 2.24. The molecule has 4 aromatic rings. The SMILES string of the molecule is O=C(Nc1ccc(F)c(C(=O)c2ccc3ncc(N4CCNCC4)nc3c2)c1F)c1ccc(Cl)cc1. The summed E-state index contributed by atoms with van der Waals surface area (Å²) in [6.07, 6.45) is 1.67. The molecule has 1 saturated heterocycles. The Morgan fingerprint density at radius 2 is 1.67 bits per heavy atom. The minimum Gasteiger partial charge on any atom is -0.353 e. The maximum Gasteiger partial charge on any atom is 0.255 e. The number of piperazine rings is 1. The van der Waals surface area contributed by atoms with E-state index < -0.39 is 28.9 Å². The summed E-state index contributed by atoms with van der Waals surface area (Å²) >= 11 is 5.83. The van der Waals surface area contributed by atoms with Gasteiger partial charge in [-0.1, -0.05) is 11.6 Å². The van der Waals surface area contributed by atoms with Crippen LogP contribution >= 0.6 is 11.6 Å². The van der Waals surface area contributed by atoms with Crippen molar-refractivity contribution >= 4 is 45.8 Å². The summed E-state index contributed by atoms with van der Waals surface area (Å²) in [7, 11) is 0. The van der Waals surface area contributed by atoms with Gasteiger partial charge in [0.15, 0.2) is 11.6 Å². The van der Waals surface area contributed by atoms with Crippen molar-refractivity contribution in [3.63, 3.8) is 0 Å². The third kappa shape index (κ3) is 4.75. The van der Waals surface area contributed by atoms with Crippen molar-refractivity contribution < 1.29 is 18.4 Å². The number of anilines is 2. The van der Waals surface area contributed by atoms with Crippen molar-refractivity contribution in [3.8, 4) is 0 Å². The van der Waals surface area contributed by atoms with Crippen LogP contribution in [-0.4, -0.2) is 47.8 Å². The lowest BCUT2D eigenvalue weighted by molar-refractivity contribution is 0.101. The molecular weight excluding hydrogens is 488 g/mol. The number of halogens is 3. The van der Waals surface area contributed by atoms with Gasteiger partial charge in [-0.25, -0.2) is 13.8 Å². The number of rotatable bonds is 5. The number of hydrogen-bond acceptors (Lipinski definition) is 6. The van der Waals surface area contributed by atoms with E-state index in [1.165, 1.54) is 36.4 Å². The van der Waals surface area contributed by atoms with E-state index in [1.807, 2.05) is 0 Å². The molecule has 3 aromatic carbocycles. The Labute approximate surface area is 210 Å². The molecule has 0 aliphatic carbocycles. The normalized spacial score (nSPS) is 13.6. The lowest BCUT2D eigenvalue weighted by atomic mass is 10.0. The Morgan fingerprint density at radius 1 is 0.944 bits per heavy atom. The molecule has 1 fully saturated rings. The number of aromatic nitrogens is 2. The first-order valence-corrected chi connectivity index (χ1v) is 11.6. The van der Waals surface area contributed by atoms with Gasteiger partial charge in [0, 0.05) is 42.3 Å². The van der Waals surface area contributed by atoms with Gasteiger partial charge >= 0.3 is 0 Å². The number of ketones is 1. The quantitative estimate of drug-likeness (QED) is 0.388. The van der Waals surface area contributed by atoms with E-state index >= 15 is 4.39 Å². The van der Waals surface area contributed by atoms with Crippen molar-refractivity contribution in [2.45, 2.75) is 0 Å². The molecular formula is C26H20ClF2N5O2. The maximum atomic E-state index is 15.3. The number of amides is 1. The summed E-state index contributed by atoms with van der Waals surface area (Å²) in [5, 5.41) is 6.09. The van der Waals surface area contributed by atoms with E-state index in [0.717, 1.165) is 38.3 Å². The number of benzene rings is 3. The number of nitrogens with one attached hydrogen (secondary N) is 2. The third-order valence-corrected chi connectivity index (χ3v) is 6.16. The first-order valence-electron chi connectivity index (χ1n) is 11.2. The Bertz CT molecular complexity index is 1470. The minimum atomic E-state index is -1.16. The summed E-state index contributed by atoms with van der Waals surface area (Å²) < 4.78 is 30.0. The first-order chi connectivity index (χ1) is 17.4. The summed E-state index contributed by atoms with van der Waals surface area (Å²) in [6.45, 7) is 3.18. The Hall–Kier alpha value is -3.95. The molecule has 7 nitrogen and oxygen atoms in total. The fraction of sp³-hybridized carbons (Fsp3) is 0.154. The average molecular weight is 508 g/mol. The van der Waals surface area contributed by atoms with E-state index in [9.17, 15) is 14.0 Å². The van der Waals surface area contributed by atoms with Crippen molar-refractivity contribution in [1.82, 2.24) is 15.3 Å². The van der Waals surface area contributed by atoms with Gasteiger partial charge in [0.05, 0.1) is 28.5 Å². The van der Waals surface area contributed by atoms with E-state index in [0.29, 0.717) is 21.9 Å². The molecule has 1 amide bonds. The number of hydrogen-bond donors (Lipinski definition) is 2. The van der Waals surface area contributed by atoms with Crippen LogP contribution in [0.3, 0.4) is 0 Å². The molecule has 0 bridgehead atoms. The largest absolute Gasteiger partial charge is 0.353 e. The second-order valence-electron chi connectivity index (χ2n) is 8.24. The van der Waals surface area contributed by atoms with E-state index in [-0.39, 0.29) is 16.8 Å². The van der Waals surface area contributed by atoms with Crippen LogP contribution < -0.4 is 15.5 Å². The molecule has 0 unspecified atom stereocenters. The molecule has 5 rings (SSSR count). The molecule has 1 aliphatic heterocycles. The van der Waals surface area contributed by atoms with Gasteiger partial charge in [-0.3, -0.25) is 14.6 Å². The van der Waals surface area contributed by atoms with Crippen LogP contribution in [0.4, 0.5) is 20.3 Å². The topological polar surface area (TPSA) is 87.2 Å². The van der Waals surface area contributed by atoms with Gasteiger partial charge in [0.1, 0.15) is 11.6 Å². The van der Waals surface area contributed by atoms with Crippen LogP contribution in [0.2, 0.25) is 5.02 Å². The number of carbonyl (C=O) groups excluding carboxylic acids is 2. The summed E-state index contributed by atoms with van der Waals surface area (Å²) in [4.78, 5) is 36.8. The van der Waals surface area contributed by atoms with Gasteiger partial charge < -0.3 is 15.5 Å². The van der Waals surface area contributed by atoms with Crippen LogP contribution in [0.25, 0.3) is 11.0 Å². The molecule has 0 radical (unpaired) electrons. The van der Waals surface area contributed by atoms with Crippen molar-refractivity contribution in [2.24, 2.45) is 0 Å². The highest BCUT2D eigenvalue weighted by molar-refractivity contribution is 6.30. The molecule has 0 atom stereocenters. The van der Waals surface area contributed by atoms with Crippen LogP contribution in [0.5, 0.6) is 0 Å². The lowest BCUT2D eigenvalue weighted by Crippen LogP contribution is -2.43. The fourth-order valence-electron chi connectivity index (χ4n) is 3.99. The van der Waals surface area contributed by atoms with Crippen molar-refractivity contribution in [3.05, 3.63) is 94.1 Å². The van der Waals surface area contributed by atoms with Gasteiger partial charge in [-0.2, -0.15) is 0 Å². The van der Waals surface area contributed by atoms with Crippen molar-refractivity contribution in [2.75, 3.05) is 36.4 Å². The number of nitrogens with zero attached hydrogens (tertiary/aromatic N) is 3. The first kappa shape index (κ1) is 23.8. The summed E-state index contributed by atoms with van der Waals surface area (Å²) in [5.41, 5.74) is 0.175. The van der Waals surface area contributed by atoms with Crippen LogP contribution in [0.15, 0.2) is 60.8 Å². The average Bonchev–Trinajstić information content (AvgIpc) is 2.90. The van der Waals surface area contributed by atoms with E-state index in [4.69, 9.17) is 11.6 Å². The molecule has 2 heterocycles. The standard InChI is InChI=1S/C26H20ClF2N5O2/c27-17-4-1-15(2-5-17)26(36)33-20-8-6-18(28)23(24(20)29)25(35)16-3-7-19-21(13-16)32-22(14-31-19)34-11-9-30-10-12-34/h1-8,13-14,30H,9-12H2,(H,33,36). The Balaban J connectivity index is 1.45. The molecule has 2 N–H and O–H groups in total. The molecule has 36 heavy (non-hydrogen) atoms. The predicted octanol–water partition coefficient (Wildman–Crippen LogP) is 4.45. The van der Waals surface area contributed by atoms with E-state index in [1.54, 1.807) is 12.3 Å². The Kier molecular flexibility index (Phi) is 6.58. The zero-order chi connectivity index (χ0) is 25.2. The van der Waals surface area contributed by atoms with Gasteiger partial charge in [-0.05, 0) is 54.6 Å². The zero-order valence-corrected chi connectivity index (χ0v) is 19.6. The van der Waals surface area contributed by atoms with Gasteiger partial charge in [0.25, 0.3) is 5.91 Å². The van der Waals surface area contributed by atoms with Crippen LogP contribution in [0, 0.1) is 11.6 Å². The summed E-state index contributed by atoms with van der Waals surface area (Å²) in [5.74, 6) is -3.04. The zero-order valence-electron chi connectivity index (χ0n) is 18.9. The molecule has 0 spiro atoms. The molecule has 1 aliphatic rings. The van der Waals surface area contributed by atoms with E-state index in [2.05, 4.69) is 25.5 Å². The van der Waals surface area contributed by atoms with Crippen LogP contribution in [-0.2, 0) is 0 Å². The number of fused-ring (bicyclic) bond motifs is 1. The second kappa shape index (κ2) is 9.96. The fourth-order valence-corrected chi connectivity index (χ4v) is 4.11. The third-order valence-electron chi connectivity index (χ3n) is 5.91. The summed E-state index contributed by atoms with van der Waals surface area (Å²) in [6, 6.07) is 12.5. The molecule has 10 heteroatoms. The second-order valence-corrected chi connectivity index (χ2v) is 8.68. The van der Waals surface area contributed by atoms with Gasteiger partial charge in [-0.15, -0.1) is 0 Å². The predicted molar refractivity (Wildman–Crippen MR) is 134 cm³/mol. The highest BCUT2D eigenvalue weighted by atomic mass is 35.5. The Morgan fingerprint density at radius 3 is 2.42 bits per heavy atom. The molecule has 0 saturated carbocycles. The van der Waals surface area contributed by atoms with Gasteiger partial charge in [0.2, 0.25) is 0 Å². The minimum absolute atomic E-state index is 0.0493. The van der Waals surface area contributed by atoms with Crippen LogP contribution in [0.1, 0.15) is 26.3 Å². The van der Waals surface area contributed by atoms with Crippen molar-refractivity contribution in [1.29, 1.82) is 0 Å². The highest BCUT2D eigenvalue weighted by Crippen LogP contribution is 2.26. The smallest absolute Gasteiger partial charge is 0.255 e. The number of carbonyl (C=O) groups is 2. The lowest BCUT2D eigenvalue weighted by Gasteiger charge is -2.28. The maximum absolute atomic E-state index is 15.3.